The van der Waals surface area contributed by atoms with Crippen molar-refractivity contribution < 1.29 is 4.79 Å². The van der Waals surface area contributed by atoms with Crippen LogP contribution in [0.15, 0.2) is 47.0 Å². The van der Waals surface area contributed by atoms with Gasteiger partial charge in [0.15, 0.2) is 11.6 Å². The predicted octanol–water partition coefficient (Wildman–Crippen LogP) is 5.82. The average molecular weight is 462 g/mol. The Labute approximate surface area is 199 Å². The summed E-state index contributed by atoms with van der Waals surface area (Å²) in [6.07, 6.45) is 1.38. The van der Waals surface area contributed by atoms with Crippen LogP contribution in [-0.4, -0.2) is 33.6 Å². The lowest BCUT2D eigenvalue weighted by atomic mass is 9.73. The summed E-state index contributed by atoms with van der Waals surface area (Å²) >= 11 is 1.68. The lowest BCUT2D eigenvalue weighted by Gasteiger charge is -2.38. The van der Waals surface area contributed by atoms with Gasteiger partial charge in [-0.05, 0) is 73.9 Å². The van der Waals surface area contributed by atoms with E-state index in [4.69, 9.17) is 10.1 Å². The van der Waals surface area contributed by atoms with E-state index in [1.54, 1.807) is 11.3 Å². The number of aryl methyl sites for hydroxylation is 1. The van der Waals surface area contributed by atoms with Crippen LogP contribution >= 0.6 is 11.3 Å². The Morgan fingerprint density at radius 3 is 2.52 bits per heavy atom. The van der Waals surface area contributed by atoms with E-state index < -0.39 is 0 Å². The second-order valence-corrected chi connectivity index (χ2v) is 10.7. The summed E-state index contributed by atoms with van der Waals surface area (Å²) in [6, 6.07) is 10.3. The fourth-order valence-electron chi connectivity index (χ4n) is 5.05. The normalized spacial score (nSPS) is 19.2. The van der Waals surface area contributed by atoms with E-state index in [-0.39, 0.29) is 17.2 Å². The van der Waals surface area contributed by atoms with Gasteiger partial charge in [0, 0.05) is 46.9 Å². The van der Waals surface area contributed by atoms with Crippen LogP contribution in [0.2, 0.25) is 0 Å². The van der Waals surface area contributed by atoms with Crippen LogP contribution in [0, 0.1) is 12.3 Å². The number of anilines is 2. The molecule has 2 aliphatic rings. The summed E-state index contributed by atoms with van der Waals surface area (Å²) in [5.41, 5.74) is 5.13. The highest BCUT2D eigenvalue weighted by Gasteiger charge is 2.42. The van der Waals surface area contributed by atoms with Crippen molar-refractivity contribution in [2.24, 2.45) is 5.41 Å². The molecule has 6 nitrogen and oxygen atoms in total. The molecular formula is C26H31N5OS. The van der Waals surface area contributed by atoms with Crippen molar-refractivity contribution in [3.8, 4) is 11.4 Å². The number of thiophene rings is 1. The second kappa shape index (κ2) is 8.13. The number of fused-ring (bicyclic) bond motifs is 1. The van der Waals surface area contributed by atoms with Gasteiger partial charge in [-0.1, -0.05) is 13.8 Å². The summed E-state index contributed by atoms with van der Waals surface area (Å²) in [5.74, 6) is 1.59. The average Bonchev–Trinajstić information content (AvgIpc) is 3.39. The molecule has 0 saturated heterocycles. The third-order valence-corrected chi connectivity index (χ3v) is 7.81. The van der Waals surface area contributed by atoms with E-state index in [9.17, 15) is 4.79 Å². The molecule has 0 radical (unpaired) electrons. The van der Waals surface area contributed by atoms with Crippen molar-refractivity contribution in [3.05, 3.63) is 57.4 Å². The van der Waals surface area contributed by atoms with E-state index in [0.29, 0.717) is 18.2 Å². The van der Waals surface area contributed by atoms with Crippen molar-refractivity contribution in [3.63, 3.8) is 0 Å². The molecule has 1 N–H and O–H groups in total. The fourth-order valence-corrected chi connectivity index (χ4v) is 6.07. The molecule has 0 saturated carbocycles. The summed E-state index contributed by atoms with van der Waals surface area (Å²) in [4.78, 5) is 21.7. The van der Waals surface area contributed by atoms with Gasteiger partial charge in [-0.15, -0.1) is 16.4 Å². The van der Waals surface area contributed by atoms with Gasteiger partial charge in [0.2, 0.25) is 5.95 Å². The first-order valence-electron chi connectivity index (χ1n) is 11.7. The van der Waals surface area contributed by atoms with Crippen molar-refractivity contribution in [1.82, 2.24) is 14.8 Å². The van der Waals surface area contributed by atoms with Crippen molar-refractivity contribution in [2.75, 3.05) is 23.3 Å². The summed E-state index contributed by atoms with van der Waals surface area (Å²) < 4.78 is 1.92. The maximum atomic E-state index is 13.3. The number of allylic oxidation sites excluding steroid dienone is 2. The predicted molar refractivity (Wildman–Crippen MR) is 135 cm³/mol. The molecule has 172 valence electrons. The van der Waals surface area contributed by atoms with Gasteiger partial charge >= 0.3 is 0 Å². The van der Waals surface area contributed by atoms with Crippen LogP contribution < -0.4 is 10.2 Å². The van der Waals surface area contributed by atoms with E-state index in [2.05, 4.69) is 80.5 Å². The summed E-state index contributed by atoms with van der Waals surface area (Å²) in [6.45, 7) is 12.7. The Kier molecular flexibility index (Phi) is 5.40. The number of carbonyl (C=O) groups excluding carboxylic acids is 1. The minimum Gasteiger partial charge on any atom is -0.372 e. The van der Waals surface area contributed by atoms with Gasteiger partial charge in [0.1, 0.15) is 6.04 Å². The van der Waals surface area contributed by atoms with Gasteiger partial charge in [-0.3, -0.25) is 4.79 Å². The van der Waals surface area contributed by atoms with Crippen molar-refractivity contribution >= 4 is 28.8 Å². The maximum absolute atomic E-state index is 13.3. The molecule has 1 unspecified atom stereocenters. The Hall–Kier alpha value is -2.93. The molecule has 0 bridgehead atoms. The summed E-state index contributed by atoms with van der Waals surface area (Å²) in [7, 11) is 0. The highest BCUT2D eigenvalue weighted by Crippen LogP contribution is 2.47. The Bertz CT molecular complexity index is 1230. The highest BCUT2D eigenvalue weighted by atomic mass is 32.1. The topological polar surface area (TPSA) is 63.1 Å². The van der Waals surface area contributed by atoms with Crippen molar-refractivity contribution in [1.29, 1.82) is 0 Å². The lowest BCUT2D eigenvalue weighted by molar-refractivity contribution is -0.118. The maximum Gasteiger partial charge on any atom is 0.226 e. The first-order chi connectivity index (χ1) is 15.8. The van der Waals surface area contributed by atoms with Gasteiger partial charge < -0.3 is 10.2 Å². The molecule has 0 amide bonds. The van der Waals surface area contributed by atoms with Gasteiger partial charge in [0.05, 0.1) is 0 Å². The third kappa shape index (κ3) is 3.78. The Morgan fingerprint density at radius 2 is 1.88 bits per heavy atom. The SMILES string of the molecule is CCN(CC)c1ccc(-c2nc3n(n2)C(c2sccc2C)C2=C(CC(C)(C)CC2=O)N3)cc1. The fraction of sp³-hybridized carbons (Fsp3) is 0.423. The number of carbonyl (C=O) groups is 1. The number of hydrogen-bond donors (Lipinski definition) is 1. The van der Waals surface area contributed by atoms with Gasteiger partial charge in [-0.25, -0.2) is 4.68 Å². The zero-order valence-corrected chi connectivity index (χ0v) is 20.8. The zero-order chi connectivity index (χ0) is 23.3. The molecule has 1 aliphatic heterocycles. The van der Waals surface area contributed by atoms with Gasteiger partial charge in [0.25, 0.3) is 0 Å². The molecule has 0 fully saturated rings. The number of nitrogens with one attached hydrogen (secondary N) is 1. The smallest absolute Gasteiger partial charge is 0.226 e. The van der Waals surface area contributed by atoms with E-state index >= 15 is 0 Å². The molecule has 1 aliphatic carbocycles. The Morgan fingerprint density at radius 1 is 1.15 bits per heavy atom. The van der Waals surface area contributed by atoms with Crippen molar-refractivity contribution in [2.45, 2.75) is 53.5 Å². The molecule has 1 aromatic carbocycles. The first-order valence-corrected chi connectivity index (χ1v) is 12.6. The Balaban J connectivity index is 1.58. The minimum atomic E-state index is -0.226. The molecule has 5 rings (SSSR count). The van der Waals surface area contributed by atoms with Crippen LogP contribution in [0.25, 0.3) is 11.4 Å². The van der Waals surface area contributed by atoms with E-state index in [0.717, 1.165) is 41.2 Å². The third-order valence-electron chi connectivity index (χ3n) is 6.74. The lowest BCUT2D eigenvalue weighted by Crippen LogP contribution is -2.36. The van der Waals surface area contributed by atoms with E-state index in [1.165, 1.54) is 11.3 Å². The number of hydrogen-bond acceptors (Lipinski definition) is 6. The first kappa shape index (κ1) is 21.9. The van der Waals surface area contributed by atoms with E-state index in [1.807, 2.05) is 4.68 Å². The zero-order valence-electron chi connectivity index (χ0n) is 20.0. The van der Waals surface area contributed by atoms with Crippen LogP contribution in [-0.2, 0) is 4.79 Å². The standard InChI is InChI=1S/C26H31N5OS/c1-6-30(7-2)18-10-8-17(9-11-18)24-28-25-27-19-14-26(4,5)15-20(32)21(19)22(31(25)29-24)23-16(3)12-13-33-23/h8-13,22H,6-7,14-15H2,1-5H3,(H,27,28,29). The number of nitrogens with zero attached hydrogens (tertiary/aromatic N) is 4. The van der Waals surface area contributed by atoms with Crippen LogP contribution in [0.3, 0.4) is 0 Å². The minimum absolute atomic E-state index is 0.0662. The molecule has 0 spiro atoms. The second-order valence-electron chi connectivity index (χ2n) is 9.75. The number of aromatic nitrogens is 3. The molecule has 3 aromatic rings. The molecule has 2 aromatic heterocycles. The largest absolute Gasteiger partial charge is 0.372 e. The summed E-state index contributed by atoms with van der Waals surface area (Å²) in [5, 5.41) is 10.5. The quantitative estimate of drug-likeness (QED) is 0.519. The van der Waals surface area contributed by atoms with Crippen LogP contribution in [0.1, 0.15) is 57.0 Å². The number of rotatable bonds is 5. The molecule has 1 atom stereocenters. The number of benzene rings is 1. The monoisotopic (exact) mass is 461 g/mol. The molecule has 7 heteroatoms. The van der Waals surface area contributed by atoms with Gasteiger partial charge in [-0.2, -0.15) is 4.98 Å². The molecule has 3 heterocycles. The highest BCUT2D eigenvalue weighted by molar-refractivity contribution is 7.10. The number of Topliss-reactive ketones (excluding diaryl/α,β-unsaturated/α-hetero) is 1. The number of ketones is 1. The molecule has 33 heavy (non-hydrogen) atoms. The van der Waals surface area contributed by atoms with Crippen LogP contribution in [0.5, 0.6) is 0 Å². The van der Waals surface area contributed by atoms with Crippen LogP contribution in [0.4, 0.5) is 11.6 Å². The molecular weight excluding hydrogens is 430 g/mol.